The molecule has 22 heavy (non-hydrogen) atoms. The number of methoxy groups -OCH3 is 1. The number of esters is 1. The van der Waals surface area contributed by atoms with E-state index >= 15 is 0 Å². The molecule has 0 amide bonds. The maximum Gasteiger partial charge on any atom is 0.337 e. The number of hydrogen-bond donors (Lipinski definition) is 0. The van der Waals surface area contributed by atoms with E-state index < -0.39 is 11.9 Å². The fraction of sp³-hybridized carbons (Fsp3) is 0.235. The minimum Gasteiger partial charge on any atom is -0.465 e. The van der Waals surface area contributed by atoms with Crippen molar-refractivity contribution >= 4 is 11.7 Å². The Kier molecular flexibility index (Phi) is 6.04. The van der Waals surface area contributed by atoms with Gasteiger partial charge in [-0.15, -0.1) is 0 Å². The molecule has 0 fully saturated rings. The molecule has 0 bridgehead atoms. The zero-order valence-electron chi connectivity index (χ0n) is 12.8. The molecule has 0 aliphatic carbocycles. The van der Waals surface area contributed by atoms with Crippen molar-refractivity contribution in [3.05, 3.63) is 66.5 Å². The van der Waals surface area contributed by atoms with Crippen LogP contribution in [0, 0.1) is 0 Å². The highest BCUT2D eigenvalue weighted by Crippen LogP contribution is 2.26. The van der Waals surface area contributed by atoms with E-state index in [2.05, 4.69) is 11.3 Å². The van der Waals surface area contributed by atoms with E-state index in [0.29, 0.717) is 11.3 Å². The van der Waals surface area contributed by atoms with Crippen LogP contribution in [0.2, 0.25) is 0 Å². The second kappa shape index (κ2) is 7.54. The summed E-state index contributed by atoms with van der Waals surface area (Å²) in [5.41, 5.74) is 0.817. The number of nitrogens with zero attached hydrogens (tertiary/aromatic N) is 1. The Morgan fingerprint density at radius 1 is 1.32 bits per heavy atom. The maximum absolute atomic E-state index is 13.5. The number of hydrogen-bond acceptors (Lipinski definition) is 3. The molecule has 0 saturated heterocycles. The van der Waals surface area contributed by atoms with Crippen LogP contribution in [0.3, 0.4) is 0 Å². The van der Waals surface area contributed by atoms with Gasteiger partial charge in [-0.25, -0.2) is 13.6 Å². The summed E-state index contributed by atoms with van der Waals surface area (Å²) in [6.07, 6.45) is 5.79. The average molecular weight is 307 g/mol. The van der Waals surface area contributed by atoms with Gasteiger partial charge in [0.2, 0.25) is 0 Å². The molecule has 1 rings (SSSR count). The highest BCUT2D eigenvalue weighted by molar-refractivity contribution is 5.89. The number of carbonyl (C=O) groups is 1. The van der Waals surface area contributed by atoms with Crippen LogP contribution >= 0.6 is 0 Å². The molecule has 0 aliphatic heterocycles. The first-order valence-electron chi connectivity index (χ1n) is 6.65. The van der Waals surface area contributed by atoms with Gasteiger partial charge in [0, 0.05) is 30.6 Å². The Hall–Kier alpha value is -2.43. The topological polar surface area (TPSA) is 29.5 Å². The van der Waals surface area contributed by atoms with E-state index in [1.807, 2.05) is 0 Å². The number of anilines is 1. The minimum atomic E-state index is -2.99. The first-order chi connectivity index (χ1) is 10.3. The van der Waals surface area contributed by atoms with Crippen LogP contribution in [-0.4, -0.2) is 19.0 Å². The summed E-state index contributed by atoms with van der Waals surface area (Å²) in [6.45, 7) is 6.02. The lowest BCUT2D eigenvalue weighted by Gasteiger charge is -2.20. The molecule has 0 heterocycles. The van der Waals surface area contributed by atoms with Crippen LogP contribution < -0.4 is 4.90 Å². The SMILES string of the molecule is C=C/C(=C\N(/C=C/C)c1ccc(C(=O)OC)cc1)C(C)(F)F. The number of carbonyl (C=O) groups excluding carboxylic acids is 1. The zero-order valence-corrected chi connectivity index (χ0v) is 12.8. The molecule has 1 aromatic rings. The summed E-state index contributed by atoms with van der Waals surface area (Å²) in [4.78, 5) is 12.9. The van der Waals surface area contributed by atoms with E-state index in [0.717, 1.165) is 13.0 Å². The molecule has 0 unspecified atom stereocenters. The molecule has 5 heteroatoms. The largest absolute Gasteiger partial charge is 0.465 e. The standard InChI is InChI=1S/C17H19F2NO2/c1-5-11-20(12-14(6-2)17(3,18)19)15-9-7-13(8-10-15)16(21)22-4/h5-12H,2H2,1,3-4H3/b11-5+,14-12+. The van der Waals surface area contributed by atoms with Crippen molar-refractivity contribution < 1.29 is 18.3 Å². The van der Waals surface area contributed by atoms with Crippen LogP contribution in [0.1, 0.15) is 24.2 Å². The summed E-state index contributed by atoms with van der Waals surface area (Å²) in [5.74, 6) is -3.44. The molecule has 0 saturated carbocycles. The number of allylic oxidation sites excluding steroid dienone is 3. The molecule has 1 aromatic carbocycles. The third-order valence-electron chi connectivity index (χ3n) is 2.90. The van der Waals surface area contributed by atoms with Gasteiger partial charge < -0.3 is 9.64 Å². The number of benzene rings is 1. The number of ether oxygens (including phenoxy) is 1. The Labute approximate surface area is 129 Å². The lowest BCUT2D eigenvalue weighted by Crippen LogP contribution is -2.17. The lowest BCUT2D eigenvalue weighted by molar-refractivity contribution is 0.0600. The zero-order chi connectivity index (χ0) is 16.8. The summed E-state index contributed by atoms with van der Waals surface area (Å²) in [7, 11) is 1.30. The minimum absolute atomic E-state index is 0.206. The second-order valence-corrected chi connectivity index (χ2v) is 4.61. The summed E-state index contributed by atoms with van der Waals surface area (Å²) < 4.78 is 31.6. The van der Waals surface area contributed by atoms with Gasteiger partial charge in [-0.2, -0.15) is 0 Å². The molecular formula is C17H19F2NO2. The van der Waals surface area contributed by atoms with E-state index in [-0.39, 0.29) is 5.57 Å². The van der Waals surface area contributed by atoms with Gasteiger partial charge in [0.05, 0.1) is 12.7 Å². The fourth-order valence-electron chi connectivity index (χ4n) is 1.75. The first-order valence-corrected chi connectivity index (χ1v) is 6.65. The van der Waals surface area contributed by atoms with E-state index in [4.69, 9.17) is 0 Å². The molecule has 0 aliphatic rings. The van der Waals surface area contributed by atoms with Gasteiger partial charge in [0.1, 0.15) is 0 Å². The predicted octanol–water partition coefficient (Wildman–Crippen LogP) is 4.54. The highest BCUT2D eigenvalue weighted by Gasteiger charge is 2.25. The summed E-state index contributed by atoms with van der Waals surface area (Å²) in [5, 5.41) is 0. The molecule has 118 valence electrons. The van der Waals surface area contributed by atoms with Crippen molar-refractivity contribution in [1.82, 2.24) is 0 Å². The maximum atomic E-state index is 13.5. The van der Waals surface area contributed by atoms with Crippen molar-refractivity contribution in [3.63, 3.8) is 0 Å². The van der Waals surface area contributed by atoms with Crippen LogP contribution in [0.5, 0.6) is 0 Å². The molecule has 0 N–H and O–H groups in total. The van der Waals surface area contributed by atoms with E-state index in [1.54, 1.807) is 43.5 Å². The van der Waals surface area contributed by atoms with Crippen LogP contribution in [0.15, 0.2) is 61.0 Å². The smallest absolute Gasteiger partial charge is 0.337 e. The third-order valence-corrected chi connectivity index (χ3v) is 2.90. The summed E-state index contributed by atoms with van der Waals surface area (Å²) in [6, 6.07) is 6.45. The Morgan fingerprint density at radius 2 is 1.91 bits per heavy atom. The van der Waals surface area contributed by atoms with E-state index in [9.17, 15) is 13.6 Å². The van der Waals surface area contributed by atoms with Gasteiger partial charge in [-0.05, 0) is 31.2 Å². The number of halogens is 2. The van der Waals surface area contributed by atoms with E-state index in [1.165, 1.54) is 18.2 Å². The Bertz CT molecular complexity index is 584. The normalized spacial score (nSPS) is 12.3. The van der Waals surface area contributed by atoms with Crippen LogP contribution in [-0.2, 0) is 4.74 Å². The monoisotopic (exact) mass is 307 g/mol. The summed E-state index contributed by atoms with van der Waals surface area (Å²) >= 11 is 0. The highest BCUT2D eigenvalue weighted by atomic mass is 19.3. The van der Waals surface area contributed by atoms with Crippen molar-refractivity contribution in [3.8, 4) is 0 Å². The first kappa shape index (κ1) is 17.6. The molecule has 3 nitrogen and oxygen atoms in total. The number of alkyl halides is 2. The van der Waals surface area contributed by atoms with Gasteiger partial charge >= 0.3 is 5.97 Å². The number of rotatable bonds is 6. The van der Waals surface area contributed by atoms with Gasteiger partial charge in [0.25, 0.3) is 5.92 Å². The van der Waals surface area contributed by atoms with Crippen molar-refractivity contribution in [2.45, 2.75) is 19.8 Å². The fourth-order valence-corrected chi connectivity index (χ4v) is 1.75. The van der Waals surface area contributed by atoms with Crippen molar-refractivity contribution in [1.29, 1.82) is 0 Å². The Morgan fingerprint density at radius 3 is 2.32 bits per heavy atom. The third kappa shape index (κ3) is 4.55. The average Bonchev–Trinajstić information content (AvgIpc) is 2.49. The van der Waals surface area contributed by atoms with Crippen molar-refractivity contribution in [2.75, 3.05) is 12.0 Å². The molecule has 0 spiro atoms. The molecular weight excluding hydrogens is 288 g/mol. The van der Waals surface area contributed by atoms with Crippen LogP contribution in [0.4, 0.5) is 14.5 Å². The van der Waals surface area contributed by atoms with Crippen molar-refractivity contribution in [2.24, 2.45) is 0 Å². The van der Waals surface area contributed by atoms with Gasteiger partial charge in [0.15, 0.2) is 0 Å². The second-order valence-electron chi connectivity index (χ2n) is 4.61. The molecule has 0 aromatic heterocycles. The molecule has 0 radical (unpaired) electrons. The Balaban J connectivity index is 3.19. The van der Waals surface area contributed by atoms with Crippen LogP contribution in [0.25, 0.3) is 0 Å². The quantitative estimate of drug-likeness (QED) is 0.571. The van der Waals surface area contributed by atoms with Gasteiger partial charge in [-0.3, -0.25) is 0 Å². The van der Waals surface area contributed by atoms with Gasteiger partial charge in [-0.1, -0.05) is 18.7 Å². The molecule has 0 atom stereocenters. The predicted molar refractivity (Wildman–Crippen MR) is 84.0 cm³/mol. The lowest BCUT2D eigenvalue weighted by atomic mass is 10.1.